The third-order valence-electron chi connectivity index (χ3n) is 2.55. The van der Waals surface area contributed by atoms with E-state index in [2.05, 4.69) is 27.6 Å². The third-order valence-corrected chi connectivity index (χ3v) is 4.09. The van der Waals surface area contributed by atoms with E-state index < -0.39 is 10.8 Å². The Kier molecular flexibility index (Phi) is 4.03. The van der Waals surface area contributed by atoms with Crippen molar-refractivity contribution in [3.8, 4) is 0 Å². The van der Waals surface area contributed by atoms with Crippen LogP contribution in [0.5, 0.6) is 0 Å². The van der Waals surface area contributed by atoms with Gasteiger partial charge in [0.1, 0.15) is 0 Å². The first-order valence-electron chi connectivity index (χ1n) is 5.29. The van der Waals surface area contributed by atoms with E-state index in [1.807, 2.05) is 22.8 Å². The molecule has 0 radical (unpaired) electrons. The van der Waals surface area contributed by atoms with E-state index in [0.29, 0.717) is 11.7 Å². The molecule has 0 saturated heterocycles. The van der Waals surface area contributed by atoms with Gasteiger partial charge in [0.05, 0.1) is 11.0 Å². The van der Waals surface area contributed by atoms with Crippen LogP contribution in [0, 0.1) is 3.57 Å². The van der Waals surface area contributed by atoms with Crippen LogP contribution in [0.1, 0.15) is 6.42 Å². The number of nitrogens with two attached hydrogens (primary N) is 1. The van der Waals surface area contributed by atoms with Crippen molar-refractivity contribution in [2.45, 2.75) is 13.0 Å². The molecule has 1 unspecified atom stereocenters. The molecule has 0 spiro atoms. The molecule has 6 heteroatoms. The Morgan fingerprint density at radius 1 is 1.53 bits per heavy atom. The Balaban J connectivity index is 2.27. The van der Waals surface area contributed by atoms with Crippen molar-refractivity contribution < 1.29 is 4.21 Å². The summed E-state index contributed by atoms with van der Waals surface area (Å²) in [4.78, 5) is 4.33. The molecule has 1 atom stereocenters. The maximum absolute atomic E-state index is 11.0. The molecule has 1 heterocycles. The summed E-state index contributed by atoms with van der Waals surface area (Å²) < 4.78 is 14.2. The van der Waals surface area contributed by atoms with Gasteiger partial charge >= 0.3 is 0 Å². The fourth-order valence-corrected chi connectivity index (χ4v) is 2.79. The molecule has 1 aromatic heterocycles. The largest absolute Gasteiger partial charge is 0.369 e. The molecule has 92 valence electrons. The molecule has 0 aliphatic carbocycles. The van der Waals surface area contributed by atoms with E-state index >= 15 is 0 Å². The predicted molar refractivity (Wildman–Crippen MR) is 80.4 cm³/mol. The fraction of sp³-hybridized carbons (Fsp3) is 0.364. The van der Waals surface area contributed by atoms with Gasteiger partial charge in [0.25, 0.3) is 0 Å². The van der Waals surface area contributed by atoms with Crippen LogP contribution in [-0.2, 0) is 17.3 Å². The molecule has 1 aromatic carbocycles. The lowest BCUT2D eigenvalue weighted by molar-refractivity contribution is 0.671. The zero-order valence-corrected chi connectivity index (χ0v) is 12.5. The van der Waals surface area contributed by atoms with Crippen LogP contribution in [0.25, 0.3) is 11.0 Å². The van der Waals surface area contributed by atoms with Crippen LogP contribution in [0.2, 0.25) is 0 Å². The molecule has 0 saturated carbocycles. The van der Waals surface area contributed by atoms with Crippen molar-refractivity contribution in [1.82, 2.24) is 9.55 Å². The summed E-state index contributed by atoms with van der Waals surface area (Å²) in [7, 11) is -0.747. The lowest BCUT2D eigenvalue weighted by atomic mass is 10.3. The van der Waals surface area contributed by atoms with Gasteiger partial charge in [-0.25, -0.2) is 4.98 Å². The standard InChI is InChI=1S/C11H14IN3OS/c1-17(16)6-2-5-15-10-4-3-8(12)7-9(10)14-11(15)13/h3-4,7H,2,5-6H2,1H3,(H2,13,14). The van der Waals surface area contributed by atoms with Gasteiger partial charge in [-0.2, -0.15) is 0 Å². The van der Waals surface area contributed by atoms with Gasteiger partial charge in [0, 0.05) is 32.9 Å². The highest BCUT2D eigenvalue weighted by molar-refractivity contribution is 14.1. The number of hydrogen-bond acceptors (Lipinski definition) is 3. The van der Waals surface area contributed by atoms with Crippen molar-refractivity contribution in [2.24, 2.45) is 0 Å². The number of anilines is 1. The molecule has 0 fully saturated rings. The molecular formula is C11H14IN3OS. The molecule has 17 heavy (non-hydrogen) atoms. The predicted octanol–water partition coefficient (Wildman–Crippen LogP) is 1.99. The summed E-state index contributed by atoms with van der Waals surface area (Å²) in [5.41, 5.74) is 7.86. The van der Waals surface area contributed by atoms with Gasteiger partial charge in [0.15, 0.2) is 0 Å². The average molecular weight is 363 g/mol. The lowest BCUT2D eigenvalue weighted by Crippen LogP contribution is -2.06. The van der Waals surface area contributed by atoms with E-state index in [1.165, 1.54) is 0 Å². The summed E-state index contributed by atoms with van der Waals surface area (Å²) in [6.45, 7) is 0.766. The van der Waals surface area contributed by atoms with Gasteiger partial charge in [-0.1, -0.05) is 0 Å². The minimum Gasteiger partial charge on any atom is -0.369 e. The Hall–Kier alpha value is -0.630. The van der Waals surface area contributed by atoms with Crippen LogP contribution >= 0.6 is 22.6 Å². The van der Waals surface area contributed by atoms with Gasteiger partial charge in [0.2, 0.25) is 5.95 Å². The SMILES string of the molecule is CS(=O)CCCn1c(N)nc2cc(I)ccc21. The minimum atomic E-state index is -0.747. The van der Waals surface area contributed by atoms with Crippen LogP contribution in [0.4, 0.5) is 5.95 Å². The van der Waals surface area contributed by atoms with E-state index in [9.17, 15) is 4.21 Å². The number of imidazole rings is 1. The second-order valence-corrected chi connectivity index (χ2v) is 6.69. The number of hydrogen-bond donors (Lipinski definition) is 1. The number of aryl methyl sites for hydroxylation is 1. The summed E-state index contributed by atoms with van der Waals surface area (Å²) in [5.74, 6) is 1.23. The zero-order chi connectivity index (χ0) is 12.4. The Labute approximate surface area is 116 Å². The Bertz CT molecular complexity index is 567. The molecule has 0 aliphatic heterocycles. The van der Waals surface area contributed by atoms with Crippen molar-refractivity contribution >= 4 is 50.4 Å². The van der Waals surface area contributed by atoms with Gasteiger partial charge in [-0.05, 0) is 47.2 Å². The maximum atomic E-state index is 11.0. The summed E-state index contributed by atoms with van der Waals surface area (Å²) in [6.07, 6.45) is 2.57. The van der Waals surface area contributed by atoms with Gasteiger partial charge < -0.3 is 10.3 Å². The summed E-state index contributed by atoms with van der Waals surface area (Å²) in [6, 6.07) is 6.09. The van der Waals surface area contributed by atoms with E-state index in [-0.39, 0.29) is 0 Å². The highest BCUT2D eigenvalue weighted by Gasteiger charge is 2.08. The zero-order valence-electron chi connectivity index (χ0n) is 9.52. The molecule has 4 nitrogen and oxygen atoms in total. The molecule has 2 rings (SSSR count). The van der Waals surface area contributed by atoms with Crippen LogP contribution < -0.4 is 5.73 Å². The number of benzene rings is 1. The van der Waals surface area contributed by atoms with Gasteiger partial charge in [-0.15, -0.1) is 0 Å². The lowest BCUT2D eigenvalue weighted by Gasteiger charge is -2.05. The molecule has 0 bridgehead atoms. The van der Waals surface area contributed by atoms with E-state index in [4.69, 9.17) is 5.73 Å². The number of halogens is 1. The Morgan fingerprint density at radius 3 is 3.00 bits per heavy atom. The van der Waals surface area contributed by atoms with Crippen molar-refractivity contribution in [1.29, 1.82) is 0 Å². The van der Waals surface area contributed by atoms with Crippen LogP contribution in [0.3, 0.4) is 0 Å². The first-order chi connectivity index (χ1) is 8.08. The highest BCUT2D eigenvalue weighted by Crippen LogP contribution is 2.20. The second-order valence-electron chi connectivity index (χ2n) is 3.89. The number of aromatic nitrogens is 2. The third kappa shape index (κ3) is 2.98. The quantitative estimate of drug-likeness (QED) is 0.846. The topological polar surface area (TPSA) is 60.9 Å². The second kappa shape index (κ2) is 5.34. The monoisotopic (exact) mass is 363 g/mol. The van der Waals surface area contributed by atoms with E-state index in [0.717, 1.165) is 27.6 Å². The summed E-state index contributed by atoms with van der Waals surface area (Å²) in [5, 5.41) is 0. The molecule has 0 aliphatic rings. The number of fused-ring (bicyclic) bond motifs is 1. The van der Waals surface area contributed by atoms with Crippen molar-refractivity contribution in [3.63, 3.8) is 0 Å². The van der Waals surface area contributed by atoms with Crippen LogP contribution in [-0.4, -0.2) is 25.8 Å². The first kappa shape index (κ1) is 12.8. The number of nitrogen functional groups attached to an aromatic ring is 1. The molecular weight excluding hydrogens is 349 g/mol. The number of rotatable bonds is 4. The maximum Gasteiger partial charge on any atom is 0.201 e. The number of nitrogens with zero attached hydrogens (tertiary/aromatic N) is 2. The first-order valence-corrected chi connectivity index (χ1v) is 8.10. The van der Waals surface area contributed by atoms with Gasteiger partial charge in [-0.3, -0.25) is 4.21 Å². The van der Waals surface area contributed by atoms with E-state index in [1.54, 1.807) is 6.26 Å². The molecule has 2 aromatic rings. The fourth-order valence-electron chi connectivity index (χ4n) is 1.78. The smallest absolute Gasteiger partial charge is 0.201 e. The summed E-state index contributed by atoms with van der Waals surface area (Å²) >= 11 is 2.26. The van der Waals surface area contributed by atoms with Crippen LogP contribution in [0.15, 0.2) is 18.2 Å². The molecule has 0 amide bonds. The normalized spacial score (nSPS) is 13.1. The molecule has 2 N–H and O–H groups in total. The Morgan fingerprint density at radius 2 is 2.29 bits per heavy atom. The average Bonchev–Trinajstić information content (AvgIpc) is 2.54. The highest BCUT2D eigenvalue weighted by atomic mass is 127. The minimum absolute atomic E-state index is 0.531. The van der Waals surface area contributed by atoms with Crippen molar-refractivity contribution in [2.75, 3.05) is 17.7 Å². The van der Waals surface area contributed by atoms with Crippen molar-refractivity contribution in [3.05, 3.63) is 21.8 Å².